The number of hydrogen-bond donors (Lipinski definition) is 1. The van der Waals surface area contributed by atoms with Crippen LogP contribution in [-0.4, -0.2) is 31.6 Å². The zero-order chi connectivity index (χ0) is 14.7. The topological polar surface area (TPSA) is 94.1 Å². The molecule has 0 spiro atoms. The van der Waals surface area contributed by atoms with Crippen LogP contribution in [-0.2, 0) is 6.42 Å². The summed E-state index contributed by atoms with van der Waals surface area (Å²) >= 11 is 3.33. The molecule has 0 bridgehead atoms. The molecule has 0 aliphatic heterocycles. The number of halogens is 1. The van der Waals surface area contributed by atoms with Gasteiger partial charge < -0.3 is 5.11 Å². The van der Waals surface area contributed by atoms with Gasteiger partial charge in [-0.25, -0.2) is 4.68 Å². The fourth-order valence-electron chi connectivity index (χ4n) is 1.86. The Morgan fingerprint density at radius 3 is 2.90 bits per heavy atom. The standard InChI is InChI=1S/C12H13BrN4O3/c1-8-5-10(13)12(11(6-8)17(19)20)16-7-9(14-15-16)3-2-4-18/h5-7,18H,2-4H2,1H3. The second kappa shape index (κ2) is 6.10. The lowest BCUT2D eigenvalue weighted by Crippen LogP contribution is -2.02. The maximum atomic E-state index is 11.2. The highest BCUT2D eigenvalue weighted by Gasteiger charge is 2.20. The van der Waals surface area contributed by atoms with Crippen molar-refractivity contribution in [2.24, 2.45) is 0 Å². The van der Waals surface area contributed by atoms with Crippen molar-refractivity contribution < 1.29 is 10.0 Å². The molecule has 0 aliphatic carbocycles. The summed E-state index contributed by atoms with van der Waals surface area (Å²) in [4.78, 5) is 10.7. The number of nitro benzene ring substituents is 1. The highest BCUT2D eigenvalue weighted by Crippen LogP contribution is 2.31. The molecule has 2 aromatic rings. The van der Waals surface area contributed by atoms with Gasteiger partial charge in [-0.1, -0.05) is 5.21 Å². The summed E-state index contributed by atoms with van der Waals surface area (Å²) in [6, 6.07) is 3.28. The first-order chi connectivity index (χ1) is 9.52. The van der Waals surface area contributed by atoms with E-state index in [0.717, 1.165) is 5.56 Å². The maximum absolute atomic E-state index is 11.2. The van der Waals surface area contributed by atoms with Crippen molar-refractivity contribution in [3.8, 4) is 5.69 Å². The highest BCUT2D eigenvalue weighted by atomic mass is 79.9. The summed E-state index contributed by atoms with van der Waals surface area (Å²) in [6.07, 6.45) is 2.79. The molecule has 2 rings (SSSR count). The van der Waals surface area contributed by atoms with Gasteiger partial charge in [-0.2, -0.15) is 0 Å². The Kier molecular flexibility index (Phi) is 4.46. The van der Waals surface area contributed by atoms with Crippen molar-refractivity contribution in [3.05, 3.63) is 44.2 Å². The Balaban J connectivity index is 2.46. The molecule has 0 saturated heterocycles. The first-order valence-corrected chi connectivity index (χ1v) is 6.79. The molecule has 106 valence electrons. The van der Waals surface area contributed by atoms with Gasteiger partial charge in [-0.05, 0) is 47.3 Å². The largest absolute Gasteiger partial charge is 0.396 e. The number of aliphatic hydroxyl groups excluding tert-OH is 1. The molecule has 0 aliphatic rings. The van der Waals surface area contributed by atoms with E-state index in [0.29, 0.717) is 28.7 Å². The van der Waals surface area contributed by atoms with E-state index in [1.807, 2.05) is 0 Å². The van der Waals surface area contributed by atoms with Crippen molar-refractivity contribution in [2.45, 2.75) is 19.8 Å². The first-order valence-electron chi connectivity index (χ1n) is 6.00. The lowest BCUT2D eigenvalue weighted by atomic mass is 10.2. The van der Waals surface area contributed by atoms with Crippen LogP contribution < -0.4 is 0 Å². The number of aliphatic hydroxyl groups is 1. The zero-order valence-electron chi connectivity index (χ0n) is 10.8. The summed E-state index contributed by atoms with van der Waals surface area (Å²) in [7, 11) is 0. The quantitative estimate of drug-likeness (QED) is 0.664. The molecule has 0 radical (unpaired) electrons. The van der Waals surface area contributed by atoms with Crippen LogP contribution in [0.15, 0.2) is 22.8 Å². The van der Waals surface area contributed by atoms with Crippen molar-refractivity contribution in [3.63, 3.8) is 0 Å². The van der Waals surface area contributed by atoms with Gasteiger partial charge in [0.1, 0.15) is 0 Å². The van der Waals surface area contributed by atoms with Gasteiger partial charge in [0.05, 0.1) is 21.3 Å². The number of nitrogens with zero attached hydrogens (tertiary/aromatic N) is 4. The average Bonchev–Trinajstić information content (AvgIpc) is 2.83. The molecule has 1 aromatic carbocycles. The maximum Gasteiger partial charge on any atom is 0.296 e. The SMILES string of the molecule is Cc1cc(Br)c(-n2cc(CCCO)nn2)c([N+](=O)[O-])c1. The lowest BCUT2D eigenvalue weighted by molar-refractivity contribution is -0.384. The monoisotopic (exact) mass is 340 g/mol. The molecule has 7 nitrogen and oxygen atoms in total. The highest BCUT2D eigenvalue weighted by molar-refractivity contribution is 9.10. The van der Waals surface area contributed by atoms with E-state index in [2.05, 4.69) is 26.2 Å². The molecular formula is C12H13BrN4O3. The Labute approximate surface area is 123 Å². The smallest absolute Gasteiger partial charge is 0.296 e. The van der Waals surface area contributed by atoms with Crippen LogP contribution in [0.5, 0.6) is 0 Å². The van der Waals surface area contributed by atoms with Gasteiger partial charge in [0, 0.05) is 12.7 Å². The van der Waals surface area contributed by atoms with E-state index >= 15 is 0 Å². The summed E-state index contributed by atoms with van der Waals surface area (Å²) in [5.74, 6) is 0. The predicted molar refractivity (Wildman–Crippen MR) is 75.9 cm³/mol. The van der Waals surface area contributed by atoms with E-state index in [4.69, 9.17) is 5.11 Å². The molecule has 8 heteroatoms. The Morgan fingerprint density at radius 2 is 2.25 bits per heavy atom. The molecule has 0 saturated carbocycles. The molecular weight excluding hydrogens is 328 g/mol. The second-order valence-electron chi connectivity index (χ2n) is 4.35. The third kappa shape index (κ3) is 3.02. The van der Waals surface area contributed by atoms with Gasteiger partial charge >= 0.3 is 0 Å². The van der Waals surface area contributed by atoms with E-state index < -0.39 is 4.92 Å². The molecule has 1 aromatic heterocycles. The van der Waals surface area contributed by atoms with E-state index in [1.165, 1.54) is 10.7 Å². The summed E-state index contributed by atoms with van der Waals surface area (Å²) < 4.78 is 1.97. The third-order valence-electron chi connectivity index (χ3n) is 2.75. The van der Waals surface area contributed by atoms with Gasteiger partial charge in [-0.3, -0.25) is 10.1 Å². The molecule has 0 unspecified atom stereocenters. The average molecular weight is 341 g/mol. The van der Waals surface area contributed by atoms with Crippen LogP contribution in [0.3, 0.4) is 0 Å². The fourth-order valence-corrected chi connectivity index (χ4v) is 2.61. The van der Waals surface area contributed by atoms with Gasteiger partial charge in [0.2, 0.25) is 0 Å². The zero-order valence-corrected chi connectivity index (χ0v) is 12.4. The molecule has 0 atom stereocenters. The van der Waals surface area contributed by atoms with E-state index in [1.54, 1.807) is 19.2 Å². The second-order valence-corrected chi connectivity index (χ2v) is 5.21. The van der Waals surface area contributed by atoms with Crippen LogP contribution in [0.1, 0.15) is 17.7 Å². The normalized spacial score (nSPS) is 10.8. The Bertz CT molecular complexity index is 642. The third-order valence-corrected chi connectivity index (χ3v) is 3.35. The molecule has 1 N–H and O–H groups in total. The number of aryl methyl sites for hydroxylation is 2. The van der Waals surface area contributed by atoms with Gasteiger partial charge in [0.25, 0.3) is 5.69 Å². The van der Waals surface area contributed by atoms with Crippen LogP contribution in [0.4, 0.5) is 5.69 Å². The molecule has 0 fully saturated rings. The lowest BCUT2D eigenvalue weighted by Gasteiger charge is -2.06. The fraction of sp³-hybridized carbons (Fsp3) is 0.333. The minimum Gasteiger partial charge on any atom is -0.396 e. The van der Waals surface area contributed by atoms with Crippen LogP contribution in [0.2, 0.25) is 0 Å². The first kappa shape index (κ1) is 14.6. The van der Waals surface area contributed by atoms with Gasteiger partial charge in [0.15, 0.2) is 5.69 Å². The van der Waals surface area contributed by atoms with Gasteiger partial charge in [-0.15, -0.1) is 5.10 Å². The van der Waals surface area contributed by atoms with Crippen molar-refractivity contribution in [1.82, 2.24) is 15.0 Å². The number of nitro groups is 1. The van der Waals surface area contributed by atoms with Crippen molar-refractivity contribution in [2.75, 3.05) is 6.61 Å². The van der Waals surface area contributed by atoms with E-state index in [-0.39, 0.29) is 12.3 Å². The molecule has 0 amide bonds. The number of aromatic nitrogens is 3. The number of hydrogen-bond acceptors (Lipinski definition) is 5. The minimum atomic E-state index is -0.442. The van der Waals surface area contributed by atoms with Crippen LogP contribution in [0, 0.1) is 17.0 Å². The van der Waals surface area contributed by atoms with Crippen LogP contribution in [0.25, 0.3) is 5.69 Å². The summed E-state index contributed by atoms with van der Waals surface area (Å²) in [5, 5.41) is 27.8. The minimum absolute atomic E-state index is 0.0320. The Morgan fingerprint density at radius 1 is 1.50 bits per heavy atom. The van der Waals surface area contributed by atoms with Crippen molar-refractivity contribution >= 4 is 21.6 Å². The predicted octanol–water partition coefficient (Wildman–Crippen LogP) is 2.17. The van der Waals surface area contributed by atoms with Crippen LogP contribution >= 0.6 is 15.9 Å². The Hall–Kier alpha value is -1.80. The number of rotatable bonds is 5. The number of benzene rings is 1. The summed E-state index contributed by atoms with van der Waals surface area (Å²) in [5.41, 5.74) is 1.78. The van der Waals surface area contributed by atoms with Crippen molar-refractivity contribution in [1.29, 1.82) is 0 Å². The summed E-state index contributed by atoms with van der Waals surface area (Å²) in [6.45, 7) is 1.86. The molecule has 20 heavy (non-hydrogen) atoms. The van der Waals surface area contributed by atoms with E-state index in [9.17, 15) is 10.1 Å². The molecule has 1 heterocycles.